The normalized spacial score (nSPS) is 23.3. The van der Waals surface area contributed by atoms with Crippen molar-refractivity contribution in [3.63, 3.8) is 0 Å². The standard InChI is InChI=1S/C13H17NOS/c1-5-14-11-6-9(2)10(3)7-12(11)16(4)13(14)8-15/h6-8,13H,4-5H2,1-3H3. The molecular formula is C13H17NOS. The Balaban J connectivity index is 2.61. The minimum absolute atomic E-state index is 0.0683. The summed E-state index contributed by atoms with van der Waals surface area (Å²) in [6.07, 6.45) is 1.03. The highest BCUT2D eigenvalue weighted by Gasteiger charge is 2.30. The quantitative estimate of drug-likeness (QED) is 0.580. The van der Waals surface area contributed by atoms with Crippen LogP contribution in [0.3, 0.4) is 0 Å². The molecule has 0 amide bonds. The van der Waals surface area contributed by atoms with E-state index in [1.807, 2.05) is 0 Å². The molecule has 0 aromatic heterocycles. The summed E-state index contributed by atoms with van der Waals surface area (Å²) in [5.74, 6) is 4.15. The second-order valence-electron chi connectivity index (χ2n) is 4.15. The molecule has 1 aromatic carbocycles. The third-order valence-corrected chi connectivity index (χ3v) is 5.06. The fraction of sp³-hybridized carbons (Fsp3) is 0.385. The lowest BCUT2D eigenvalue weighted by atomic mass is 10.1. The van der Waals surface area contributed by atoms with Crippen LogP contribution in [0.15, 0.2) is 17.0 Å². The van der Waals surface area contributed by atoms with E-state index in [4.69, 9.17) is 0 Å². The molecule has 1 aliphatic heterocycles. The Morgan fingerprint density at radius 3 is 2.62 bits per heavy atom. The smallest absolute Gasteiger partial charge is 0.152 e. The van der Waals surface area contributed by atoms with Gasteiger partial charge in [-0.15, -0.1) is 10.5 Å². The SMILES string of the molecule is C=S1c2cc(C)c(C)cc2N(CC)C1C=O. The van der Waals surface area contributed by atoms with Gasteiger partial charge in [0.15, 0.2) is 6.29 Å². The van der Waals surface area contributed by atoms with Crippen LogP contribution in [0.25, 0.3) is 0 Å². The van der Waals surface area contributed by atoms with Crippen LogP contribution in [-0.4, -0.2) is 24.1 Å². The molecule has 2 nitrogen and oxygen atoms in total. The number of nitrogens with zero attached hydrogens (tertiary/aromatic N) is 1. The molecule has 2 atom stereocenters. The van der Waals surface area contributed by atoms with E-state index in [0.29, 0.717) is 0 Å². The average Bonchev–Trinajstić information content (AvgIpc) is 2.52. The average molecular weight is 235 g/mol. The number of anilines is 1. The lowest BCUT2D eigenvalue weighted by Gasteiger charge is -2.21. The summed E-state index contributed by atoms with van der Waals surface area (Å²) in [5, 5.41) is -0.0683. The van der Waals surface area contributed by atoms with Crippen LogP contribution >= 0.6 is 10.5 Å². The highest BCUT2D eigenvalue weighted by atomic mass is 32.2. The van der Waals surface area contributed by atoms with E-state index < -0.39 is 0 Å². The van der Waals surface area contributed by atoms with Crippen molar-refractivity contribution in [2.24, 2.45) is 0 Å². The Morgan fingerprint density at radius 2 is 2.06 bits per heavy atom. The summed E-state index contributed by atoms with van der Waals surface area (Å²) < 4.78 is 0. The van der Waals surface area contributed by atoms with Crippen molar-refractivity contribution in [3.8, 4) is 0 Å². The molecule has 2 unspecified atom stereocenters. The molecule has 0 fully saturated rings. The van der Waals surface area contributed by atoms with E-state index in [1.54, 1.807) is 0 Å². The number of aryl methyl sites for hydroxylation is 2. The first-order valence-electron chi connectivity index (χ1n) is 5.46. The topological polar surface area (TPSA) is 20.3 Å². The van der Waals surface area contributed by atoms with Crippen molar-refractivity contribution >= 4 is 28.3 Å². The number of hydrogen-bond donors (Lipinski definition) is 0. The molecule has 0 radical (unpaired) electrons. The van der Waals surface area contributed by atoms with E-state index in [-0.39, 0.29) is 15.9 Å². The molecule has 0 aliphatic carbocycles. The van der Waals surface area contributed by atoms with Crippen LogP contribution in [-0.2, 0) is 4.79 Å². The molecule has 1 aliphatic rings. The number of rotatable bonds is 2. The molecule has 16 heavy (non-hydrogen) atoms. The van der Waals surface area contributed by atoms with E-state index in [2.05, 4.69) is 43.7 Å². The van der Waals surface area contributed by atoms with Crippen molar-refractivity contribution < 1.29 is 4.79 Å². The maximum absolute atomic E-state index is 11.2. The van der Waals surface area contributed by atoms with Gasteiger partial charge in [-0.2, -0.15) is 0 Å². The molecule has 0 bridgehead atoms. The van der Waals surface area contributed by atoms with Gasteiger partial charge in [-0.25, -0.2) is 0 Å². The molecule has 3 heteroatoms. The van der Waals surface area contributed by atoms with Crippen LogP contribution in [0.4, 0.5) is 5.69 Å². The number of fused-ring (bicyclic) bond motifs is 1. The van der Waals surface area contributed by atoms with Crippen molar-refractivity contribution in [2.45, 2.75) is 31.0 Å². The van der Waals surface area contributed by atoms with Gasteiger partial charge in [0.1, 0.15) is 5.37 Å². The maximum Gasteiger partial charge on any atom is 0.152 e. The van der Waals surface area contributed by atoms with Crippen LogP contribution in [0.1, 0.15) is 18.1 Å². The third-order valence-electron chi connectivity index (χ3n) is 3.22. The minimum atomic E-state index is -0.226. The van der Waals surface area contributed by atoms with Crippen LogP contribution in [0.5, 0.6) is 0 Å². The zero-order chi connectivity index (χ0) is 11.9. The Hall–Kier alpha value is -1.09. The first kappa shape index (κ1) is 11.4. The summed E-state index contributed by atoms with van der Waals surface area (Å²) in [7, 11) is -0.226. The summed E-state index contributed by atoms with van der Waals surface area (Å²) in [6, 6.07) is 4.37. The predicted molar refractivity (Wildman–Crippen MR) is 71.8 cm³/mol. The van der Waals surface area contributed by atoms with Gasteiger partial charge in [-0.05, 0) is 44.0 Å². The lowest BCUT2D eigenvalue weighted by Crippen LogP contribution is -2.30. The number of benzene rings is 1. The van der Waals surface area contributed by atoms with E-state index in [0.717, 1.165) is 12.8 Å². The molecule has 86 valence electrons. The van der Waals surface area contributed by atoms with Gasteiger partial charge in [0.2, 0.25) is 0 Å². The van der Waals surface area contributed by atoms with Crippen LogP contribution in [0, 0.1) is 13.8 Å². The monoisotopic (exact) mass is 235 g/mol. The fourth-order valence-corrected chi connectivity index (χ4v) is 3.86. The highest BCUT2D eigenvalue weighted by Crippen LogP contribution is 2.47. The Bertz CT molecular complexity index is 467. The van der Waals surface area contributed by atoms with Crippen molar-refractivity contribution in [1.29, 1.82) is 0 Å². The molecule has 0 N–H and O–H groups in total. The Morgan fingerprint density at radius 1 is 1.44 bits per heavy atom. The van der Waals surface area contributed by atoms with Gasteiger partial charge in [-0.1, -0.05) is 5.87 Å². The van der Waals surface area contributed by atoms with Gasteiger partial charge in [0, 0.05) is 11.4 Å². The molecule has 0 saturated carbocycles. The molecule has 0 saturated heterocycles. The molecule has 1 heterocycles. The number of carbonyl (C=O) groups excluding carboxylic acids is 1. The van der Waals surface area contributed by atoms with Crippen LogP contribution in [0.2, 0.25) is 0 Å². The van der Waals surface area contributed by atoms with Gasteiger partial charge >= 0.3 is 0 Å². The Labute approximate surface area is 99.2 Å². The van der Waals surface area contributed by atoms with E-state index in [9.17, 15) is 4.79 Å². The fourth-order valence-electron chi connectivity index (χ4n) is 2.12. The third kappa shape index (κ3) is 1.50. The molecular weight excluding hydrogens is 218 g/mol. The predicted octanol–water partition coefficient (Wildman–Crippen LogP) is 2.73. The molecule has 1 aromatic rings. The lowest BCUT2D eigenvalue weighted by molar-refractivity contribution is -0.107. The molecule has 2 rings (SSSR count). The van der Waals surface area contributed by atoms with Crippen molar-refractivity contribution in [1.82, 2.24) is 0 Å². The first-order chi connectivity index (χ1) is 7.60. The number of aldehydes is 1. The van der Waals surface area contributed by atoms with Gasteiger partial charge in [-0.3, -0.25) is 0 Å². The van der Waals surface area contributed by atoms with Crippen molar-refractivity contribution in [3.05, 3.63) is 23.3 Å². The zero-order valence-corrected chi connectivity index (χ0v) is 10.8. The molecule has 0 spiro atoms. The van der Waals surface area contributed by atoms with Gasteiger partial charge < -0.3 is 9.69 Å². The number of hydrogen-bond acceptors (Lipinski definition) is 2. The number of carbonyl (C=O) groups is 1. The van der Waals surface area contributed by atoms with Crippen LogP contribution < -0.4 is 4.90 Å². The summed E-state index contributed by atoms with van der Waals surface area (Å²) in [4.78, 5) is 14.5. The largest absolute Gasteiger partial charge is 0.353 e. The number of likely N-dealkylation sites (N-methyl/N-ethyl adjacent to an activating group) is 1. The van der Waals surface area contributed by atoms with Crippen molar-refractivity contribution in [2.75, 3.05) is 11.4 Å². The zero-order valence-electron chi connectivity index (χ0n) is 9.99. The minimum Gasteiger partial charge on any atom is -0.353 e. The van der Waals surface area contributed by atoms with Gasteiger partial charge in [0.25, 0.3) is 0 Å². The maximum atomic E-state index is 11.2. The van der Waals surface area contributed by atoms with Gasteiger partial charge in [0.05, 0.1) is 5.69 Å². The Kier molecular flexibility index (Phi) is 2.89. The van der Waals surface area contributed by atoms with E-state index in [1.165, 1.54) is 21.7 Å². The summed E-state index contributed by atoms with van der Waals surface area (Å²) in [6.45, 7) is 7.16. The van der Waals surface area contributed by atoms with E-state index >= 15 is 0 Å². The second-order valence-corrected chi connectivity index (χ2v) is 5.93. The summed E-state index contributed by atoms with van der Waals surface area (Å²) >= 11 is 0. The summed E-state index contributed by atoms with van der Waals surface area (Å²) in [5.41, 5.74) is 3.75. The highest BCUT2D eigenvalue weighted by molar-refractivity contribution is 8.15. The first-order valence-corrected chi connectivity index (χ1v) is 6.91. The second kappa shape index (κ2) is 4.06.